The van der Waals surface area contributed by atoms with E-state index in [1.54, 1.807) is 0 Å². The van der Waals surface area contributed by atoms with Gasteiger partial charge in [-0.3, -0.25) is 0 Å². The molecule has 0 atom stereocenters. The van der Waals surface area contributed by atoms with Crippen molar-refractivity contribution < 1.29 is 5.11 Å². The summed E-state index contributed by atoms with van der Waals surface area (Å²) in [5, 5.41) is 7.90. The molecule has 0 aliphatic rings. The van der Waals surface area contributed by atoms with Crippen LogP contribution in [0.5, 0.6) is 0 Å². The monoisotopic (exact) mass is 68.0 g/mol. The highest BCUT2D eigenvalue weighted by Gasteiger charge is 1.52. The quantitative estimate of drug-likeness (QED) is 0.417. The fourth-order valence-corrected chi connectivity index (χ4v) is 0.0609. The van der Waals surface area contributed by atoms with Gasteiger partial charge in [-0.25, -0.2) is 0 Å². The highest BCUT2D eigenvalue weighted by atomic mass is 16.2. The van der Waals surface area contributed by atoms with Crippen molar-refractivity contribution in [3.8, 4) is 0 Å². The predicted octanol–water partition coefficient (Wildman–Crippen LogP) is -0.339. The number of hydrogen-bond donors (Lipinski definition) is 1. The summed E-state index contributed by atoms with van der Waals surface area (Å²) in [5.41, 5.74) is 0. The average Bonchev–Trinajstić information content (AvgIpc) is 1.41. The minimum absolute atomic E-state index is 0.0382. The first-order valence-corrected chi connectivity index (χ1v) is 1.39. The van der Waals surface area contributed by atoms with E-state index in [2.05, 4.69) is 0 Å². The molecule has 26 valence electrons. The number of aliphatic hydroxyl groups excluding tert-OH is 1. The Kier molecular flexibility index (Phi) is 3.59. The van der Waals surface area contributed by atoms with E-state index in [1.807, 2.05) is 0 Å². The van der Waals surface area contributed by atoms with E-state index >= 15 is 0 Å². The van der Waals surface area contributed by atoms with E-state index in [4.69, 9.17) is 13.0 Å². The third-order valence-corrected chi connectivity index (χ3v) is 0.241. The van der Waals surface area contributed by atoms with Gasteiger partial charge in [0.25, 0.3) is 0 Å². The van der Waals surface area contributed by atoms with Crippen LogP contribution in [0, 0.1) is 0 Å². The molecule has 0 rings (SSSR count). The first-order chi connectivity index (χ1) is 2.41. The summed E-state index contributed by atoms with van der Waals surface area (Å²) in [6.45, 7) is 0.0382. The van der Waals surface area contributed by atoms with Crippen molar-refractivity contribution in [3.05, 3.63) is 12.1 Å². The van der Waals surface area contributed by atoms with Gasteiger partial charge in [0.1, 0.15) is 7.85 Å². The second-order valence-corrected chi connectivity index (χ2v) is 0.611. The van der Waals surface area contributed by atoms with Gasteiger partial charge in [-0.2, -0.15) is 0 Å². The van der Waals surface area contributed by atoms with E-state index in [0.29, 0.717) is 0 Å². The molecular weight excluding hydrogens is 62.8 g/mol. The zero-order valence-corrected chi connectivity index (χ0v) is 2.89. The Labute approximate surface area is 32.7 Å². The number of rotatable bonds is 1. The van der Waals surface area contributed by atoms with Gasteiger partial charge in [-0.15, -0.1) is 5.98 Å². The van der Waals surface area contributed by atoms with Gasteiger partial charge < -0.3 is 5.11 Å². The topological polar surface area (TPSA) is 20.2 Å². The maximum atomic E-state index is 7.90. The minimum atomic E-state index is 0.0382. The van der Waals surface area contributed by atoms with E-state index in [9.17, 15) is 0 Å². The summed E-state index contributed by atoms with van der Waals surface area (Å²) in [5.74, 6) is 1.31. The summed E-state index contributed by atoms with van der Waals surface area (Å²) >= 11 is 0. The maximum Gasteiger partial charge on any atom is 0.102 e. The summed E-state index contributed by atoms with van der Waals surface area (Å²) in [7, 11) is 4.80. The minimum Gasteiger partial charge on any atom is -0.392 e. The fraction of sp³-hybridized carbons (Fsp3) is 0.333. The second kappa shape index (κ2) is 3.76. The van der Waals surface area contributed by atoms with Crippen LogP contribution in [-0.2, 0) is 0 Å². The SMILES string of the molecule is [B]/C=C/CO. The molecule has 0 heterocycles. The predicted molar refractivity (Wildman–Crippen MR) is 22.0 cm³/mol. The summed E-state index contributed by atoms with van der Waals surface area (Å²) in [4.78, 5) is 0. The van der Waals surface area contributed by atoms with Crippen LogP contribution in [0.1, 0.15) is 0 Å². The molecule has 2 radical (unpaired) electrons. The van der Waals surface area contributed by atoms with Crippen LogP contribution in [0.3, 0.4) is 0 Å². The van der Waals surface area contributed by atoms with Crippen molar-refractivity contribution in [1.82, 2.24) is 0 Å². The van der Waals surface area contributed by atoms with Gasteiger partial charge in [0.05, 0.1) is 6.61 Å². The molecule has 0 saturated carbocycles. The van der Waals surface area contributed by atoms with Gasteiger partial charge in [-0.1, -0.05) is 6.08 Å². The van der Waals surface area contributed by atoms with Crippen molar-refractivity contribution in [2.24, 2.45) is 0 Å². The van der Waals surface area contributed by atoms with Crippen LogP contribution in [0.25, 0.3) is 0 Å². The highest BCUT2D eigenvalue weighted by Crippen LogP contribution is 1.55. The molecule has 0 aliphatic heterocycles. The standard InChI is InChI=1S/C3H5BO/c4-2-1-3-5/h1-2,5H,3H2/b2-1+. The Morgan fingerprint density at radius 2 is 2.40 bits per heavy atom. The summed E-state index contributed by atoms with van der Waals surface area (Å²) in [6.07, 6.45) is 1.46. The first kappa shape index (κ1) is 4.76. The van der Waals surface area contributed by atoms with E-state index < -0.39 is 0 Å². The Hall–Kier alpha value is -0.235. The van der Waals surface area contributed by atoms with Gasteiger partial charge in [0, 0.05) is 0 Å². The Balaban J connectivity index is 2.62. The molecule has 2 heteroatoms. The molecule has 1 nitrogen and oxygen atoms in total. The summed E-state index contributed by atoms with van der Waals surface area (Å²) < 4.78 is 0. The molecular formula is C3H5BO. The van der Waals surface area contributed by atoms with Crippen LogP contribution >= 0.6 is 0 Å². The first-order valence-electron chi connectivity index (χ1n) is 1.39. The lowest BCUT2D eigenvalue weighted by molar-refractivity contribution is 0.343. The van der Waals surface area contributed by atoms with Crippen LogP contribution in [0.2, 0.25) is 0 Å². The van der Waals surface area contributed by atoms with Crippen molar-refractivity contribution in [2.45, 2.75) is 0 Å². The molecule has 0 bridgehead atoms. The average molecular weight is 67.9 g/mol. The molecule has 0 aliphatic carbocycles. The smallest absolute Gasteiger partial charge is 0.102 e. The molecule has 5 heavy (non-hydrogen) atoms. The van der Waals surface area contributed by atoms with Gasteiger partial charge in [0.2, 0.25) is 0 Å². The fourth-order valence-electron chi connectivity index (χ4n) is 0.0609. The van der Waals surface area contributed by atoms with Gasteiger partial charge >= 0.3 is 0 Å². The number of aliphatic hydroxyl groups is 1. The lowest BCUT2D eigenvalue weighted by atomic mass is 10.1. The molecule has 0 amide bonds. The lowest BCUT2D eigenvalue weighted by Crippen LogP contribution is -1.67. The third kappa shape index (κ3) is 3.76. The van der Waals surface area contributed by atoms with Crippen LogP contribution in [0.15, 0.2) is 12.1 Å². The number of hydrogen-bond acceptors (Lipinski definition) is 1. The van der Waals surface area contributed by atoms with Crippen molar-refractivity contribution in [1.29, 1.82) is 0 Å². The van der Waals surface area contributed by atoms with Crippen LogP contribution in [0.4, 0.5) is 0 Å². The molecule has 0 aromatic heterocycles. The zero-order valence-electron chi connectivity index (χ0n) is 2.89. The van der Waals surface area contributed by atoms with Crippen molar-refractivity contribution in [2.75, 3.05) is 6.61 Å². The zero-order chi connectivity index (χ0) is 4.12. The molecule has 0 aromatic carbocycles. The Morgan fingerprint density at radius 1 is 1.80 bits per heavy atom. The normalized spacial score (nSPS) is 9.80. The van der Waals surface area contributed by atoms with E-state index in [1.165, 1.54) is 12.1 Å². The van der Waals surface area contributed by atoms with Crippen molar-refractivity contribution >= 4 is 7.85 Å². The molecule has 0 unspecified atom stereocenters. The molecule has 0 saturated heterocycles. The highest BCUT2D eigenvalue weighted by molar-refractivity contribution is 6.16. The van der Waals surface area contributed by atoms with Crippen LogP contribution < -0.4 is 0 Å². The van der Waals surface area contributed by atoms with Gasteiger partial charge in [0.15, 0.2) is 0 Å². The molecule has 0 fully saturated rings. The Bertz CT molecular complexity index is 33.9. The largest absolute Gasteiger partial charge is 0.392 e. The van der Waals surface area contributed by atoms with Crippen LogP contribution in [-0.4, -0.2) is 19.6 Å². The second-order valence-electron chi connectivity index (χ2n) is 0.611. The molecule has 0 spiro atoms. The Morgan fingerprint density at radius 3 is 2.40 bits per heavy atom. The van der Waals surface area contributed by atoms with Crippen molar-refractivity contribution in [3.63, 3.8) is 0 Å². The van der Waals surface area contributed by atoms with E-state index in [-0.39, 0.29) is 6.61 Å². The summed E-state index contributed by atoms with van der Waals surface area (Å²) in [6, 6.07) is 0. The molecule has 0 aromatic rings. The maximum absolute atomic E-state index is 7.90. The van der Waals surface area contributed by atoms with E-state index in [0.717, 1.165) is 0 Å². The lowest BCUT2D eigenvalue weighted by Gasteiger charge is -1.66. The van der Waals surface area contributed by atoms with Gasteiger partial charge in [-0.05, 0) is 0 Å². The molecule has 1 N–H and O–H groups in total. The third-order valence-electron chi connectivity index (χ3n) is 0.241.